The maximum Gasteiger partial charge on any atom is 0.417 e. The Morgan fingerprint density at radius 1 is 1.00 bits per heavy atom. The topological polar surface area (TPSA) is 42.2 Å². The summed E-state index contributed by atoms with van der Waals surface area (Å²) in [5.41, 5.74) is 1.24. The van der Waals surface area contributed by atoms with Crippen molar-refractivity contribution >= 4 is 11.3 Å². The summed E-state index contributed by atoms with van der Waals surface area (Å²) >= 11 is 0. The number of benzene rings is 1. The lowest BCUT2D eigenvalue weighted by Crippen LogP contribution is -2.06. The van der Waals surface area contributed by atoms with E-state index < -0.39 is 11.7 Å². The number of hydrogen-bond acceptors (Lipinski definition) is 3. The van der Waals surface area contributed by atoms with Crippen molar-refractivity contribution in [1.82, 2.24) is 14.6 Å². The van der Waals surface area contributed by atoms with E-state index in [-0.39, 0.29) is 0 Å². The largest absolute Gasteiger partial charge is 0.417 e. The van der Waals surface area contributed by atoms with Crippen molar-refractivity contribution in [1.29, 1.82) is 0 Å². The number of nitrogens with zero attached hydrogens (tertiary/aromatic N) is 3. The molecule has 0 aliphatic carbocycles. The molecular weight excluding hydrogens is 281 g/mol. The number of alkyl halides is 3. The molecule has 0 fully saturated rings. The maximum absolute atomic E-state index is 12.8. The van der Waals surface area contributed by atoms with Crippen LogP contribution >= 0.6 is 0 Å². The van der Waals surface area contributed by atoms with Gasteiger partial charge in [0.05, 0.1) is 5.56 Å². The van der Waals surface area contributed by atoms with Gasteiger partial charge in [0.25, 0.3) is 0 Å². The Morgan fingerprint density at radius 3 is 2.33 bits per heavy atom. The van der Waals surface area contributed by atoms with Gasteiger partial charge in [0.15, 0.2) is 11.5 Å². The maximum atomic E-state index is 12.8. The van der Waals surface area contributed by atoms with Crippen molar-refractivity contribution in [2.45, 2.75) is 6.18 Å². The molecule has 0 spiro atoms. The standard InChI is InChI=1S/C14H11F3N4/c1-18-11-5-2-9(3-6-11)13-20-19-12-7-4-10(8-21(12)13)14(15,16)17/h2-8,18H,1H3. The highest BCUT2D eigenvalue weighted by Gasteiger charge is 2.31. The van der Waals surface area contributed by atoms with E-state index >= 15 is 0 Å². The van der Waals surface area contributed by atoms with E-state index in [1.54, 1.807) is 19.2 Å². The van der Waals surface area contributed by atoms with Gasteiger partial charge in [-0.25, -0.2) is 0 Å². The van der Waals surface area contributed by atoms with Gasteiger partial charge in [-0.3, -0.25) is 4.40 Å². The molecule has 0 aliphatic rings. The average molecular weight is 292 g/mol. The molecule has 0 atom stereocenters. The first-order valence-corrected chi connectivity index (χ1v) is 6.19. The zero-order valence-electron chi connectivity index (χ0n) is 11.0. The lowest BCUT2D eigenvalue weighted by Gasteiger charge is -2.07. The van der Waals surface area contributed by atoms with Crippen molar-refractivity contribution in [3.8, 4) is 11.4 Å². The van der Waals surface area contributed by atoms with Gasteiger partial charge in [0, 0.05) is 24.5 Å². The lowest BCUT2D eigenvalue weighted by atomic mass is 10.2. The Kier molecular flexibility index (Phi) is 3.04. The molecule has 0 unspecified atom stereocenters. The fourth-order valence-corrected chi connectivity index (χ4v) is 2.04. The summed E-state index contributed by atoms with van der Waals surface area (Å²) in [7, 11) is 1.79. The second-order valence-electron chi connectivity index (χ2n) is 4.49. The molecule has 7 heteroatoms. The summed E-state index contributed by atoms with van der Waals surface area (Å²) in [6.45, 7) is 0. The molecule has 21 heavy (non-hydrogen) atoms. The summed E-state index contributed by atoms with van der Waals surface area (Å²) in [4.78, 5) is 0. The first-order valence-electron chi connectivity index (χ1n) is 6.19. The number of fused-ring (bicyclic) bond motifs is 1. The minimum absolute atomic E-state index is 0.371. The molecular formula is C14H11F3N4. The Labute approximate surface area is 118 Å². The highest BCUT2D eigenvalue weighted by molar-refractivity contribution is 5.62. The van der Waals surface area contributed by atoms with E-state index in [0.717, 1.165) is 18.0 Å². The van der Waals surface area contributed by atoms with Crippen LogP contribution in [0.4, 0.5) is 18.9 Å². The van der Waals surface area contributed by atoms with Gasteiger partial charge in [0.2, 0.25) is 0 Å². The number of nitrogens with one attached hydrogen (secondary N) is 1. The number of pyridine rings is 1. The van der Waals surface area contributed by atoms with Crippen molar-refractivity contribution < 1.29 is 13.2 Å². The van der Waals surface area contributed by atoms with Crippen LogP contribution in [0.1, 0.15) is 5.56 Å². The monoisotopic (exact) mass is 292 g/mol. The minimum atomic E-state index is -4.40. The molecule has 1 aromatic carbocycles. The Bertz CT molecular complexity index is 775. The second-order valence-corrected chi connectivity index (χ2v) is 4.49. The number of hydrogen-bond donors (Lipinski definition) is 1. The Balaban J connectivity index is 2.13. The van der Waals surface area contributed by atoms with Crippen LogP contribution in [0.3, 0.4) is 0 Å². The molecule has 0 radical (unpaired) electrons. The Hall–Kier alpha value is -2.57. The zero-order chi connectivity index (χ0) is 15.0. The predicted octanol–water partition coefficient (Wildman–Crippen LogP) is 3.46. The van der Waals surface area contributed by atoms with Crippen LogP contribution in [0.15, 0.2) is 42.6 Å². The fraction of sp³-hybridized carbons (Fsp3) is 0.143. The molecule has 0 bridgehead atoms. The molecule has 2 heterocycles. The minimum Gasteiger partial charge on any atom is -0.388 e. The summed E-state index contributed by atoms with van der Waals surface area (Å²) in [5, 5.41) is 10.8. The molecule has 108 valence electrons. The molecule has 1 N–H and O–H groups in total. The first kappa shape index (κ1) is 13.4. The third-order valence-corrected chi connectivity index (χ3v) is 3.16. The van der Waals surface area contributed by atoms with Crippen LogP contribution in [0, 0.1) is 0 Å². The van der Waals surface area contributed by atoms with Gasteiger partial charge >= 0.3 is 6.18 Å². The lowest BCUT2D eigenvalue weighted by molar-refractivity contribution is -0.137. The van der Waals surface area contributed by atoms with Gasteiger partial charge in [-0.1, -0.05) is 0 Å². The van der Waals surface area contributed by atoms with E-state index in [2.05, 4.69) is 15.5 Å². The van der Waals surface area contributed by atoms with E-state index in [4.69, 9.17) is 0 Å². The quantitative estimate of drug-likeness (QED) is 0.786. The summed E-state index contributed by atoms with van der Waals surface area (Å²) in [6, 6.07) is 9.51. The number of anilines is 1. The van der Waals surface area contributed by atoms with Crippen LogP contribution in [0.2, 0.25) is 0 Å². The number of rotatable bonds is 2. The molecule has 4 nitrogen and oxygen atoms in total. The molecule has 2 aromatic heterocycles. The van der Waals surface area contributed by atoms with E-state index in [9.17, 15) is 13.2 Å². The predicted molar refractivity (Wildman–Crippen MR) is 73.0 cm³/mol. The Morgan fingerprint density at radius 2 is 1.71 bits per heavy atom. The summed E-state index contributed by atoms with van der Waals surface area (Å²) < 4.78 is 39.7. The van der Waals surface area contributed by atoms with Gasteiger partial charge in [-0.05, 0) is 36.4 Å². The van der Waals surface area contributed by atoms with Crippen LogP contribution < -0.4 is 5.32 Å². The molecule has 0 saturated carbocycles. The van der Waals surface area contributed by atoms with E-state index in [1.165, 1.54) is 10.5 Å². The van der Waals surface area contributed by atoms with Crippen LogP contribution in [0.5, 0.6) is 0 Å². The SMILES string of the molecule is CNc1ccc(-c2nnc3ccc(C(F)(F)F)cn23)cc1. The summed E-state index contributed by atoms with van der Waals surface area (Å²) in [6.07, 6.45) is -3.39. The van der Waals surface area contributed by atoms with Crippen molar-refractivity contribution in [2.75, 3.05) is 12.4 Å². The van der Waals surface area contributed by atoms with Gasteiger partial charge in [-0.2, -0.15) is 13.2 Å². The van der Waals surface area contributed by atoms with Crippen LogP contribution in [-0.4, -0.2) is 21.6 Å². The van der Waals surface area contributed by atoms with Crippen molar-refractivity contribution in [3.05, 3.63) is 48.2 Å². The fourth-order valence-electron chi connectivity index (χ4n) is 2.04. The third kappa shape index (κ3) is 2.42. The second kappa shape index (κ2) is 4.76. The summed E-state index contributed by atoms with van der Waals surface area (Å²) in [5.74, 6) is 0.374. The molecule has 0 saturated heterocycles. The van der Waals surface area contributed by atoms with Gasteiger partial charge in [0.1, 0.15) is 0 Å². The first-order chi connectivity index (χ1) is 9.99. The molecule has 3 aromatic rings. The number of aromatic nitrogens is 3. The highest BCUT2D eigenvalue weighted by Crippen LogP contribution is 2.30. The van der Waals surface area contributed by atoms with Crippen molar-refractivity contribution in [2.24, 2.45) is 0 Å². The molecule has 0 aliphatic heterocycles. The average Bonchev–Trinajstić information content (AvgIpc) is 2.89. The third-order valence-electron chi connectivity index (χ3n) is 3.16. The van der Waals surface area contributed by atoms with E-state index in [1.807, 2.05) is 12.1 Å². The highest BCUT2D eigenvalue weighted by atomic mass is 19.4. The van der Waals surface area contributed by atoms with E-state index in [0.29, 0.717) is 17.0 Å². The smallest absolute Gasteiger partial charge is 0.388 e. The molecule has 0 amide bonds. The van der Waals surface area contributed by atoms with Crippen LogP contribution in [0.25, 0.3) is 17.0 Å². The van der Waals surface area contributed by atoms with Crippen LogP contribution in [-0.2, 0) is 6.18 Å². The normalized spacial score (nSPS) is 11.8. The van der Waals surface area contributed by atoms with Crippen molar-refractivity contribution in [3.63, 3.8) is 0 Å². The van der Waals surface area contributed by atoms with Gasteiger partial charge in [-0.15, -0.1) is 10.2 Å². The number of halogens is 3. The molecule has 3 rings (SSSR count). The van der Waals surface area contributed by atoms with Gasteiger partial charge < -0.3 is 5.32 Å². The zero-order valence-corrected chi connectivity index (χ0v) is 11.0.